The molecule has 37 heavy (non-hydrogen) atoms. The van der Waals surface area contributed by atoms with Gasteiger partial charge in [-0.3, -0.25) is 9.59 Å². The van der Waals surface area contributed by atoms with E-state index in [1.165, 1.54) is 0 Å². The van der Waals surface area contributed by atoms with Crippen molar-refractivity contribution in [2.45, 2.75) is 19.4 Å². The van der Waals surface area contributed by atoms with Crippen LogP contribution < -0.4 is 27.0 Å². The number of nitrogens with two attached hydrogens (primary N) is 1. The monoisotopic (exact) mass is 502 g/mol. The minimum Gasteiger partial charge on any atom is -0.378 e. The lowest BCUT2D eigenvalue weighted by Gasteiger charge is -2.38. The fourth-order valence-corrected chi connectivity index (χ4v) is 4.63. The molecule has 2 aliphatic heterocycles. The Morgan fingerprint density at radius 3 is 2.49 bits per heavy atom. The molecule has 2 atom stereocenters. The van der Waals surface area contributed by atoms with Gasteiger partial charge in [0, 0.05) is 23.5 Å². The molecule has 0 fully saturated rings. The molecule has 0 aliphatic carbocycles. The maximum absolute atomic E-state index is 13.5. The summed E-state index contributed by atoms with van der Waals surface area (Å²) < 4.78 is 27.0. The number of anilines is 5. The Morgan fingerprint density at radius 2 is 1.76 bits per heavy atom. The SMILES string of the molecule is CC(C(N)=O)C1=CC=CNC1(C)c1ccc2c(c1)NC(=O)c1ccc(Nc3cc(F)nc(F)c3)cc1N2. The number of benzene rings is 2. The van der Waals surface area contributed by atoms with Crippen LogP contribution in [0.4, 0.5) is 37.2 Å². The molecule has 3 aromatic rings. The highest BCUT2D eigenvalue weighted by atomic mass is 19.1. The highest BCUT2D eigenvalue weighted by molar-refractivity contribution is 6.12. The second-order valence-corrected chi connectivity index (χ2v) is 9.10. The Hall–Kier alpha value is -4.73. The van der Waals surface area contributed by atoms with E-state index in [1.54, 1.807) is 31.3 Å². The van der Waals surface area contributed by atoms with Gasteiger partial charge >= 0.3 is 0 Å². The molecule has 2 aromatic carbocycles. The van der Waals surface area contributed by atoms with Crippen molar-refractivity contribution in [1.82, 2.24) is 10.3 Å². The number of allylic oxidation sites excluding steroid dienone is 2. The quantitative estimate of drug-likeness (QED) is 0.320. The van der Waals surface area contributed by atoms with Crippen LogP contribution in [0.1, 0.15) is 29.8 Å². The summed E-state index contributed by atoms with van der Waals surface area (Å²) in [5.41, 5.74) is 9.31. The summed E-state index contributed by atoms with van der Waals surface area (Å²) in [6, 6.07) is 12.7. The van der Waals surface area contributed by atoms with Gasteiger partial charge in [-0.25, -0.2) is 0 Å². The number of aromatic nitrogens is 1. The number of primary amides is 1. The number of dihydropyridines is 1. The molecular weight excluding hydrogens is 478 g/mol. The number of hydrogen-bond donors (Lipinski definition) is 5. The second-order valence-electron chi connectivity index (χ2n) is 9.10. The Kier molecular flexibility index (Phi) is 5.87. The van der Waals surface area contributed by atoms with Gasteiger partial charge in [-0.15, -0.1) is 0 Å². The number of pyridine rings is 1. The summed E-state index contributed by atoms with van der Waals surface area (Å²) in [6.07, 6.45) is 5.49. The third-order valence-electron chi connectivity index (χ3n) is 6.64. The van der Waals surface area contributed by atoms with Crippen molar-refractivity contribution in [2.24, 2.45) is 11.7 Å². The molecule has 2 amide bonds. The number of fused-ring (bicyclic) bond motifs is 2. The summed E-state index contributed by atoms with van der Waals surface area (Å²) >= 11 is 0. The van der Waals surface area contributed by atoms with Crippen molar-refractivity contribution in [2.75, 3.05) is 16.0 Å². The van der Waals surface area contributed by atoms with Crippen molar-refractivity contribution in [3.8, 4) is 0 Å². The van der Waals surface area contributed by atoms with Crippen molar-refractivity contribution in [3.63, 3.8) is 0 Å². The molecule has 0 saturated heterocycles. The second kappa shape index (κ2) is 9.05. The standard InChI is InChI=1S/C27H24F2N6O2/c1-14(25(30)36)19-4-3-9-31-27(19,2)15-5-8-20-22(10-15)34-26(37)18-7-6-16(11-21(18)33-20)32-17-12-23(28)35-24(29)13-17/h3-14,31,33H,1-2H3,(H2,30,36)(H,32,35)(H,34,37). The van der Waals surface area contributed by atoms with Crippen molar-refractivity contribution in [1.29, 1.82) is 0 Å². The zero-order valence-electron chi connectivity index (χ0n) is 20.0. The van der Waals surface area contributed by atoms with Gasteiger partial charge in [0.1, 0.15) is 0 Å². The molecule has 188 valence electrons. The van der Waals surface area contributed by atoms with Crippen molar-refractivity contribution in [3.05, 3.63) is 95.5 Å². The van der Waals surface area contributed by atoms with Crippen LogP contribution in [0.5, 0.6) is 0 Å². The number of hydrogen-bond acceptors (Lipinski definition) is 6. The van der Waals surface area contributed by atoms with Crippen LogP contribution in [0.3, 0.4) is 0 Å². The van der Waals surface area contributed by atoms with Crippen LogP contribution in [0.15, 0.2) is 72.5 Å². The Bertz CT molecular complexity index is 1480. The van der Waals surface area contributed by atoms with E-state index in [1.807, 2.05) is 37.3 Å². The van der Waals surface area contributed by atoms with Crippen LogP contribution in [0.25, 0.3) is 0 Å². The topological polar surface area (TPSA) is 121 Å². The van der Waals surface area contributed by atoms with E-state index in [0.29, 0.717) is 28.3 Å². The zero-order chi connectivity index (χ0) is 26.3. The molecule has 0 radical (unpaired) electrons. The molecule has 2 aliphatic rings. The minimum absolute atomic E-state index is 0.185. The third-order valence-corrected chi connectivity index (χ3v) is 6.64. The lowest BCUT2D eigenvalue weighted by Crippen LogP contribution is -2.44. The van der Waals surface area contributed by atoms with Gasteiger partial charge in [-0.05, 0) is 67.6 Å². The molecule has 0 saturated carbocycles. The summed E-state index contributed by atoms with van der Waals surface area (Å²) in [6.45, 7) is 3.71. The first-order valence-electron chi connectivity index (χ1n) is 11.6. The summed E-state index contributed by atoms with van der Waals surface area (Å²) in [4.78, 5) is 28.1. The van der Waals surface area contributed by atoms with Crippen LogP contribution in [0.2, 0.25) is 0 Å². The molecule has 2 unspecified atom stereocenters. The molecule has 0 bridgehead atoms. The highest BCUT2D eigenvalue weighted by Gasteiger charge is 2.36. The first kappa shape index (κ1) is 24.0. The van der Waals surface area contributed by atoms with E-state index < -0.39 is 29.3 Å². The molecule has 10 heteroatoms. The number of nitrogens with zero attached hydrogens (tertiary/aromatic N) is 1. The lowest BCUT2D eigenvalue weighted by atomic mass is 9.76. The average Bonchev–Trinajstić information content (AvgIpc) is 2.97. The van der Waals surface area contributed by atoms with Crippen LogP contribution in [-0.2, 0) is 10.3 Å². The third kappa shape index (κ3) is 4.49. The Balaban J connectivity index is 1.47. The fourth-order valence-electron chi connectivity index (χ4n) is 4.63. The van der Waals surface area contributed by atoms with Gasteiger partial charge in [-0.2, -0.15) is 13.8 Å². The van der Waals surface area contributed by atoms with Gasteiger partial charge in [0.05, 0.1) is 34.1 Å². The van der Waals surface area contributed by atoms with E-state index >= 15 is 0 Å². The number of carbonyl (C=O) groups is 2. The van der Waals surface area contributed by atoms with Gasteiger partial charge in [0.15, 0.2) is 0 Å². The Morgan fingerprint density at radius 1 is 1.00 bits per heavy atom. The van der Waals surface area contributed by atoms with Crippen LogP contribution >= 0.6 is 0 Å². The van der Waals surface area contributed by atoms with Crippen molar-refractivity contribution >= 4 is 40.3 Å². The lowest BCUT2D eigenvalue weighted by molar-refractivity contribution is -0.120. The first-order valence-corrected chi connectivity index (χ1v) is 11.6. The molecule has 3 heterocycles. The molecule has 6 N–H and O–H groups in total. The molecule has 8 nitrogen and oxygen atoms in total. The average molecular weight is 503 g/mol. The summed E-state index contributed by atoms with van der Waals surface area (Å²) in [5.74, 6) is -3.16. The molecular formula is C27H24F2N6O2. The van der Waals surface area contributed by atoms with E-state index in [2.05, 4.69) is 26.3 Å². The normalized spacial score (nSPS) is 18.7. The number of rotatable bonds is 5. The number of halogens is 2. The van der Waals surface area contributed by atoms with Gasteiger partial charge in [-0.1, -0.05) is 12.1 Å². The van der Waals surface area contributed by atoms with E-state index in [-0.39, 0.29) is 11.6 Å². The highest BCUT2D eigenvalue weighted by Crippen LogP contribution is 2.40. The predicted molar refractivity (Wildman–Crippen MR) is 138 cm³/mol. The summed E-state index contributed by atoms with van der Waals surface area (Å²) in [5, 5.41) is 12.5. The van der Waals surface area contributed by atoms with Crippen LogP contribution in [-0.4, -0.2) is 16.8 Å². The number of carbonyl (C=O) groups excluding carboxylic acids is 2. The van der Waals surface area contributed by atoms with E-state index in [0.717, 1.165) is 23.3 Å². The smallest absolute Gasteiger partial charge is 0.257 e. The van der Waals surface area contributed by atoms with Gasteiger partial charge in [0.2, 0.25) is 17.8 Å². The van der Waals surface area contributed by atoms with E-state index in [9.17, 15) is 18.4 Å². The predicted octanol–water partition coefficient (Wildman–Crippen LogP) is 4.79. The number of nitrogens with one attached hydrogen (secondary N) is 4. The first-order chi connectivity index (χ1) is 17.6. The maximum Gasteiger partial charge on any atom is 0.257 e. The van der Waals surface area contributed by atoms with E-state index in [4.69, 9.17) is 5.73 Å². The fraction of sp³-hybridized carbons (Fsp3) is 0.148. The largest absolute Gasteiger partial charge is 0.378 e. The van der Waals surface area contributed by atoms with Crippen LogP contribution in [0, 0.1) is 17.8 Å². The van der Waals surface area contributed by atoms with Gasteiger partial charge in [0.25, 0.3) is 5.91 Å². The minimum atomic E-state index is -0.945. The zero-order valence-corrected chi connectivity index (χ0v) is 20.0. The molecule has 0 spiro atoms. The maximum atomic E-state index is 13.5. The molecule has 5 rings (SSSR count). The van der Waals surface area contributed by atoms with Crippen molar-refractivity contribution < 1.29 is 18.4 Å². The molecule has 1 aromatic heterocycles. The number of amides is 2. The summed E-state index contributed by atoms with van der Waals surface area (Å²) in [7, 11) is 0. The Labute approximate surface area is 211 Å². The van der Waals surface area contributed by atoms with Gasteiger partial charge < -0.3 is 27.0 Å².